The van der Waals surface area contributed by atoms with Crippen molar-refractivity contribution in [3.8, 4) is 5.75 Å². The van der Waals surface area contributed by atoms with Crippen LogP contribution in [0.15, 0.2) is 0 Å². The molecule has 104 valence electrons. The van der Waals surface area contributed by atoms with E-state index in [1.54, 1.807) is 0 Å². The number of nitrogen functional groups attached to an aromatic ring is 1. The third-order valence-corrected chi connectivity index (χ3v) is 4.10. The summed E-state index contributed by atoms with van der Waals surface area (Å²) in [6.45, 7) is 13.8. The third kappa shape index (κ3) is 3.77. The van der Waals surface area contributed by atoms with Crippen LogP contribution in [0.1, 0.15) is 41.5 Å². The molecule has 0 aliphatic heterocycles. The maximum atomic E-state index is 5.82. The number of anilines is 2. The minimum Gasteiger partial charge on any atom is -0.484 e. The minimum atomic E-state index is 0.0994. The van der Waals surface area contributed by atoms with Gasteiger partial charge in [-0.25, -0.2) is 0 Å². The second-order valence-corrected chi connectivity index (χ2v) is 6.66. The highest BCUT2D eigenvalue weighted by Gasteiger charge is 2.23. The number of nitrogens with one attached hydrogen (secondary N) is 1. The molecule has 1 aromatic heterocycles. The van der Waals surface area contributed by atoms with E-state index in [4.69, 9.17) is 10.5 Å². The molecule has 0 radical (unpaired) electrons. The summed E-state index contributed by atoms with van der Waals surface area (Å²) < 4.78 is 9.85. The van der Waals surface area contributed by atoms with Crippen LogP contribution in [-0.2, 0) is 0 Å². The zero-order chi connectivity index (χ0) is 13.9. The molecule has 0 spiro atoms. The van der Waals surface area contributed by atoms with Crippen LogP contribution in [0, 0.1) is 11.3 Å². The van der Waals surface area contributed by atoms with Gasteiger partial charge in [-0.05, 0) is 36.7 Å². The molecule has 3 N–H and O–H groups in total. The SMILES string of the molecule is CC(C)Oc1c(N)nsc1NCC(C)(C)C(C)C. The van der Waals surface area contributed by atoms with Gasteiger partial charge >= 0.3 is 0 Å². The van der Waals surface area contributed by atoms with Gasteiger partial charge in [-0.15, -0.1) is 0 Å². The molecule has 1 heterocycles. The maximum Gasteiger partial charge on any atom is 0.197 e. The topological polar surface area (TPSA) is 60.2 Å². The van der Waals surface area contributed by atoms with Crippen LogP contribution in [0.4, 0.5) is 10.8 Å². The second kappa shape index (κ2) is 5.78. The Labute approximate surface area is 114 Å². The van der Waals surface area contributed by atoms with Crippen molar-refractivity contribution in [1.82, 2.24) is 4.37 Å². The molecule has 0 aliphatic carbocycles. The van der Waals surface area contributed by atoms with Crippen LogP contribution in [0.5, 0.6) is 5.75 Å². The van der Waals surface area contributed by atoms with Crippen LogP contribution in [0.3, 0.4) is 0 Å². The lowest BCUT2D eigenvalue weighted by Gasteiger charge is -2.29. The minimum absolute atomic E-state index is 0.0994. The van der Waals surface area contributed by atoms with Crippen molar-refractivity contribution in [3.05, 3.63) is 0 Å². The monoisotopic (exact) mass is 271 g/mol. The molecule has 0 fully saturated rings. The first kappa shape index (κ1) is 15.1. The van der Waals surface area contributed by atoms with Crippen molar-refractivity contribution in [2.45, 2.75) is 47.6 Å². The lowest BCUT2D eigenvalue weighted by Crippen LogP contribution is -2.28. The fraction of sp³-hybridized carbons (Fsp3) is 0.769. The quantitative estimate of drug-likeness (QED) is 0.830. The van der Waals surface area contributed by atoms with Crippen LogP contribution in [0.25, 0.3) is 0 Å². The highest BCUT2D eigenvalue weighted by atomic mass is 32.1. The Morgan fingerprint density at radius 3 is 2.44 bits per heavy atom. The van der Waals surface area contributed by atoms with Gasteiger partial charge in [0.15, 0.2) is 16.6 Å². The van der Waals surface area contributed by atoms with E-state index in [1.807, 2.05) is 13.8 Å². The molecular formula is C13H25N3OS. The first-order valence-corrected chi connectivity index (χ1v) is 7.17. The number of rotatable bonds is 6. The summed E-state index contributed by atoms with van der Waals surface area (Å²) in [5, 5.41) is 4.34. The molecule has 0 bridgehead atoms. The first-order chi connectivity index (χ1) is 8.24. The summed E-state index contributed by atoms with van der Waals surface area (Å²) in [5.41, 5.74) is 6.04. The third-order valence-electron chi connectivity index (χ3n) is 3.30. The van der Waals surface area contributed by atoms with Gasteiger partial charge < -0.3 is 15.8 Å². The molecule has 0 saturated carbocycles. The molecule has 1 aromatic rings. The van der Waals surface area contributed by atoms with Crippen LogP contribution in [-0.4, -0.2) is 17.0 Å². The fourth-order valence-corrected chi connectivity index (χ4v) is 1.91. The van der Waals surface area contributed by atoms with E-state index in [1.165, 1.54) is 11.5 Å². The smallest absolute Gasteiger partial charge is 0.197 e. The number of nitrogens with two attached hydrogens (primary N) is 1. The molecule has 0 unspecified atom stereocenters. The van der Waals surface area contributed by atoms with Crippen molar-refractivity contribution in [2.24, 2.45) is 11.3 Å². The second-order valence-electron chi connectivity index (χ2n) is 5.89. The Morgan fingerprint density at radius 2 is 1.94 bits per heavy atom. The van der Waals surface area contributed by atoms with E-state index in [2.05, 4.69) is 37.4 Å². The van der Waals surface area contributed by atoms with E-state index >= 15 is 0 Å². The molecular weight excluding hydrogens is 246 g/mol. The Hall–Kier alpha value is -0.970. The molecule has 0 atom stereocenters. The Bertz CT molecular complexity index is 386. The van der Waals surface area contributed by atoms with Gasteiger partial charge in [-0.2, -0.15) is 4.37 Å². The predicted molar refractivity (Wildman–Crippen MR) is 79.4 cm³/mol. The van der Waals surface area contributed by atoms with Crippen LogP contribution in [0.2, 0.25) is 0 Å². The van der Waals surface area contributed by atoms with Crippen molar-refractivity contribution in [3.63, 3.8) is 0 Å². The molecule has 0 amide bonds. The molecule has 1 rings (SSSR count). The standard InChI is InChI=1S/C13H25N3OS/c1-8(2)13(5,6)7-15-12-10(17-9(3)4)11(14)16-18-12/h8-9,15H,7H2,1-6H3,(H2,14,16). The van der Waals surface area contributed by atoms with Gasteiger partial charge in [0.1, 0.15) is 0 Å². The van der Waals surface area contributed by atoms with Crippen molar-refractivity contribution in [2.75, 3.05) is 17.6 Å². The lowest BCUT2D eigenvalue weighted by atomic mass is 9.81. The molecule has 0 aliphatic rings. The van der Waals surface area contributed by atoms with E-state index in [0.29, 0.717) is 17.5 Å². The number of ether oxygens (including phenoxy) is 1. The highest BCUT2D eigenvalue weighted by Crippen LogP contribution is 2.37. The van der Waals surface area contributed by atoms with E-state index in [9.17, 15) is 0 Å². The molecule has 0 aromatic carbocycles. The van der Waals surface area contributed by atoms with Gasteiger partial charge in [0.2, 0.25) is 0 Å². The lowest BCUT2D eigenvalue weighted by molar-refractivity contribution is 0.244. The maximum absolute atomic E-state index is 5.82. The summed E-state index contributed by atoms with van der Waals surface area (Å²) >= 11 is 1.36. The van der Waals surface area contributed by atoms with E-state index in [0.717, 1.165) is 11.5 Å². The van der Waals surface area contributed by atoms with E-state index in [-0.39, 0.29) is 11.5 Å². The van der Waals surface area contributed by atoms with Crippen molar-refractivity contribution in [1.29, 1.82) is 0 Å². The van der Waals surface area contributed by atoms with Gasteiger partial charge in [0, 0.05) is 6.54 Å². The highest BCUT2D eigenvalue weighted by molar-refractivity contribution is 7.11. The fourth-order valence-electron chi connectivity index (χ4n) is 1.27. The van der Waals surface area contributed by atoms with Crippen LogP contribution >= 0.6 is 11.5 Å². The summed E-state index contributed by atoms with van der Waals surface area (Å²) in [7, 11) is 0. The molecule has 5 heteroatoms. The number of nitrogens with zero attached hydrogens (tertiary/aromatic N) is 1. The Morgan fingerprint density at radius 1 is 1.33 bits per heavy atom. The van der Waals surface area contributed by atoms with Gasteiger partial charge in [0.05, 0.1) is 6.10 Å². The van der Waals surface area contributed by atoms with Crippen LogP contribution < -0.4 is 15.8 Å². The average Bonchev–Trinajstić information content (AvgIpc) is 2.57. The zero-order valence-electron chi connectivity index (χ0n) is 12.2. The predicted octanol–water partition coefficient (Wildman–Crippen LogP) is 3.61. The van der Waals surface area contributed by atoms with E-state index < -0.39 is 0 Å². The largest absolute Gasteiger partial charge is 0.484 e. The molecule has 18 heavy (non-hydrogen) atoms. The Balaban J connectivity index is 2.74. The zero-order valence-corrected chi connectivity index (χ0v) is 13.0. The Kier molecular flexibility index (Phi) is 4.85. The first-order valence-electron chi connectivity index (χ1n) is 6.39. The normalized spacial score (nSPS) is 12.2. The van der Waals surface area contributed by atoms with Gasteiger partial charge in [-0.3, -0.25) is 0 Å². The van der Waals surface area contributed by atoms with Crippen molar-refractivity contribution < 1.29 is 4.74 Å². The number of hydrogen-bond donors (Lipinski definition) is 2. The average molecular weight is 271 g/mol. The molecule has 0 saturated heterocycles. The summed E-state index contributed by atoms with van der Waals surface area (Å²) in [6.07, 6.45) is 0.0994. The summed E-state index contributed by atoms with van der Waals surface area (Å²) in [6, 6.07) is 0. The summed E-state index contributed by atoms with van der Waals surface area (Å²) in [4.78, 5) is 0. The number of aromatic nitrogens is 1. The van der Waals surface area contributed by atoms with Gasteiger partial charge in [-0.1, -0.05) is 27.7 Å². The molecule has 4 nitrogen and oxygen atoms in total. The van der Waals surface area contributed by atoms with Crippen molar-refractivity contribution >= 4 is 22.4 Å². The summed E-state index contributed by atoms with van der Waals surface area (Å²) in [5.74, 6) is 1.76. The van der Waals surface area contributed by atoms with Gasteiger partial charge in [0.25, 0.3) is 0 Å². The number of hydrogen-bond acceptors (Lipinski definition) is 5.